The Labute approximate surface area is 72.7 Å². The van der Waals surface area contributed by atoms with E-state index in [0.717, 1.165) is 19.3 Å². The van der Waals surface area contributed by atoms with Gasteiger partial charge in [-0.3, -0.25) is 4.79 Å². The van der Waals surface area contributed by atoms with Crippen LogP contribution in [0.1, 0.15) is 39.0 Å². The van der Waals surface area contributed by atoms with Gasteiger partial charge in [-0.05, 0) is 6.42 Å². The lowest BCUT2D eigenvalue weighted by atomic mass is 10.0. The van der Waals surface area contributed by atoms with Gasteiger partial charge in [0.25, 0.3) is 0 Å². The van der Waals surface area contributed by atoms with Crippen LogP contribution >= 0.6 is 0 Å². The molecule has 1 aliphatic heterocycles. The van der Waals surface area contributed by atoms with E-state index in [1.165, 1.54) is 0 Å². The van der Waals surface area contributed by atoms with Crippen molar-refractivity contribution in [3.8, 4) is 0 Å². The van der Waals surface area contributed by atoms with E-state index in [4.69, 9.17) is 4.74 Å². The van der Waals surface area contributed by atoms with E-state index in [2.05, 4.69) is 6.92 Å². The summed E-state index contributed by atoms with van der Waals surface area (Å²) in [5.41, 5.74) is 0. The summed E-state index contributed by atoms with van der Waals surface area (Å²) in [6.07, 6.45) is 3.32. The van der Waals surface area contributed by atoms with Crippen LogP contribution in [0.5, 0.6) is 0 Å². The normalized spacial score (nSPS) is 30.0. The Balaban J connectivity index is 2.29. The van der Waals surface area contributed by atoms with E-state index < -0.39 is 6.10 Å². The van der Waals surface area contributed by atoms with Gasteiger partial charge in [-0.1, -0.05) is 19.8 Å². The number of unbranched alkanes of at least 4 members (excludes halogenated alkanes) is 1. The molecular formula is C9H16O3. The molecule has 0 unspecified atom stereocenters. The summed E-state index contributed by atoms with van der Waals surface area (Å²) in [6.45, 7) is 2.10. The van der Waals surface area contributed by atoms with Gasteiger partial charge in [0, 0.05) is 6.42 Å². The summed E-state index contributed by atoms with van der Waals surface area (Å²) in [5.74, 6) is -0.255. The molecule has 1 saturated heterocycles. The van der Waals surface area contributed by atoms with Crippen LogP contribution in [0, 0.1) is 0 Å². The van der Waals surface area contributed by atoms with E-state index in [1.807, 2.05) is 0 Å². The minimum Gasteiger partial charge on any atom is -0.462 e. The number of hydrogen-bond acceptors (Lipinski definition) is 3. The molecule has 0 aromatic carbocycles. The van der Waals surface area contributed by atoms with Gasteiger partial charge in [0.2, 0.25) is 0 Å². The monoisotopic (exact) mass is 172 g/mol. The topological polar surface area (TPSA) is 46.5 Å². The molecule has 0 aromatic rings. The molecule has 12 heavy (non-hydrogen) atoms. The van der Waals surface area contributed by atoms with Gasteiger partial charge in [-0.15, -0.1) is 0 Å². The fraction of sp³-hybridized carbons (Fsp3) is 0.889. The molecule has 1 heterocycles. The Morgan fingerprint density at radius 3 is 3.00 bits per heavy atom. The lowest BCUT2D eigenvalue weighted by Crippen LogP contribution is -2.32. The van der Waals surface area contributed by atoms with E-state index in [1.54, 1.807) is 0 Å². The molecule has 2 atom stereocenters. The fourth-order valence-electron chi connectivity index (χ4n) is 1.47. The zero-order chi connectivity index (χ0) is 8.97. The summed E-state index contributed by atoms with van der Waals surface area (Å²) >= 11 is 0. The predicted octanol–water partition coefficient (Wildman–Crippen LogP) is 1.24. The van der Waals surface area contributed by atoms with Gasteiger partial charge in [0.05, 0.1) is 12.5 Å². The summed E-state index contributed by atoms with van der Waals surface area (Å²) < 4.78 is 5.06. The van der Waals surface area contributed by atoms with Gasteiger partial charge < -0.3 is 9.84 Å². The number of aliphatic hydroxyl groups excluding tert-OH is 1. The molecular weight excluding hydrogens is 156 g/mol. The van der Waals surface area contributed by atoms with Gasteiger partial charge >= 0.3 is 5.97 Å². The molecule has 0 amide bonds. The van der Waals surface area contributed by atoms with Crippen molar-refractivity contribution in [3.63, 3.8) is 0 Å². The van der Waals surface area contributed by atoms with E-state index in [-0.39, 0.29) is 18.5 Å². The third-order valence-corrected chi connectivity index (χ3v) is 2.12. The van der Waals surface area contributed by atoms with Crippen molar-refractivity contribution >= 4 is 5.97 Å². The second-order valence-corrected chi connectivity index (χ2v) is 3.35. The van der Waals surface area contributed by atoms with Crippen LogP contribution in [0.3, 0.4) is 0 Å². The Hall–Kier alpha value is -0.570. The molecule has 1 N–H and O–H groups in total. The van der Waals surface area contributed by atoms with Crippen LogP contribution in [-0.2, 0) is 9.53 Å². The Kier molecular flexibility index (Phi) is 3.53. The minimum absolute atomic E-state index is 0.0406. The van der Waals surface area contributed by atoms with E-state index in [0.29, 0.717) is 6.42 Å². The summed E-state index contributed by atoms with van der Waals surface area (Å²) in [4.78, 5) is 10.9. The van der Waals surface area contributed by atoms with Crippen molar-refractivity contribution in [1.29, 1.82) is 0 Å². The highest BCUT2D eigenvalue weighted by atomic mass is 16.5. The standard InChI is InChI=1S/C9H16O3/c1-2-3-4-8-5-7(10)6-9(11)12-8/h7-8,10H,2-6H2,1H3/t7-,8-/m1/s1. The van der Waals surface area contributed by atoms with Crippen LogP contribution in [0.4, 0.5) is 0 Å². The maximum atomic E-state index is 10.9. The smallest absolute Gasteiger partial charge is 0.308 e. The summed E-state index contributed by atoms with van der Waals surface area (Å²) in [6, 6.07) is 0. The Morgan fingerprint density at radius 1 is 1.67 bits per heavy atom. The number of cyclic esters (lactones) is 1. The molecule has 0 aliphatic carbocycles. The van der Waals surface area contributed by atoms with Crippen molar-refractivity contribution in [1.82, 2.24) is 0 Å². The molecule has 0 bridgehead atoms. The Morgan fingerprint density at radius 2 is 2.42 bits per heavy atom. The van der Waals surface area contributed by atoms with Crippen LogP contribution in [0.15, 0.2) is 0 Å². The van der Waals surface area contributed by atoms with Gasteiger partial charge in [0.1, 0.15) is 6.10 Å². The van der Waals surface area contributed by atoms with Gasteiger partial charge in [-0.25, -0.2) is 0 Å². The number of ether oxygens (including phenoxy) is 1. The van der Waals surface area contributed by atoms with Crippen LogP contribution in [0.2, 0.25) is 0 Å². The number of carbonyl (C=O) groups is 1. The molecule has 0 saturated carbocycles. The first-order chi connectivity index (χ1) is 5.72. The second kappa shape index (κ2) is 4.45. The molecule has 3 heteroatoms. The van der Waals surface area contributed by atoms with Crippen molar-refractivity contribution in [2.24, 2.45) is 0 Å². The molecule has 3 nitrogen and oxygen atoms in total. The average molecular weight is 172 g/mol. The largest absolute Gasteiger partial charge is 0.462 e. The quantitative estimate of drug-likeness (QED) is 0.651. The highest BCUT2D eigenvalue weighted by Gasteiger charge is 2.26. The van der Waals surface area contributed by atoms with Gasteiger partial charge in [-0.2, -0.15) is 0 Å². The summed E-state index contributed by atoms with van der Waals surface area (Å²) in [5, 5.41) is 9.25. The van der Waals surface area contributed by atoms with Crippen molar-refractivity contribution < 1.29 is 14.6 Å². The molecule has 1 aliphatic rings. The molecule has 1 rings (SSSR count). The van der Waals surface area contributed by atoms with Crippen molar-refractivity contribution in [3.05, 3.63) is 0 Å². The first-order valence-electron chi connectivity index (χ1n) is 4.60. The first-order valence-corrected chi connectivity index (χ1v) is 4.60. The maximum absolute atomic E-state index is 10.9. The van der Waals surface area contributed by atoms with Crippen LogP contribution in [0.25, 0.3) is 0 Å². The van der Waals surface area contributed by atoms with Crippen LogP contribution in [-0.4, -0.2) is 23.3 Å². The van der Waals surface area contributed by atoms with Crippen LogP contribution < -0.4 is 0 Å². The maximum Gasteiger partial charge on any atom is 0.308 e. The number of esters is 1. The molecule has 1 fully saturated rings. The first kappa shape index (κ1) is 9.52. The van der Waals surface area contributed by atoms with E-state index >= 15 is 0 Å². The zero-order valence-corrected chi connectivity index (χ0v) is 7.45. The predicted molar refractivity (Wildman–Crippen MR) is 44.6 cm³/mol. The molecule has 0 spiro atoms. The third-order valence-electron chi connectivity index (χ3n) is 2.12. The fourth-order valence-corrected chi connectivity index (χ4v) is 1.47. The van der Waals surface area contributed by atoms with E-state index in [9.17, 15) is 9.90 Å². The molecule has 0 aromatic heterocycles. The second-order valence-electron chi connectivity index (χ2n) is 3.35. The zero-order valence-electron chi connectivity index (χ0n) is 7.45. The third kappa shape index (κ3) is 2.81. The highest BCUT2D eigenvalue weighted by Crippen LogP contribution is 2.19. The average Bonchev–Trinajstić information content (AvgIpc) is 1.99. The number of carbonyl (C=O) groups excluding carboxylic acids is 1. The van der Waals surface area contributed by atoms with Crippen molar-refractivity contribution in [2.45, 2.75) is 51.2 Å². The summed E-state index contributed by atoms with van der Waals surface area (Å²) in [7, 11) is 0. The molecule has 0 radical (unpaired) electrons. The Bertz CT molecular complexity index is 156. The minimum atomic E-state index is -0.479. The van der Waals surface area contributed by atoms with Crippen molar-refractivity contribution in [2.75, 3.05) is 0 Å². The highest BCUT2D eigenvalue weighted by molar-refractivity contribution is 5.70. The number of rotatable bonds is 3. The number of aliphatic hydroxyl groups is 1. The lowest BCUT2D eigenvalue weighted by Gasteiger charge is -2.25. The SMILES string of the molecule is CCCC[C@@H]1C[C@@H](O)CC(=O)O1. The number of hydrogen-bond donors (Lipinski definition) is 1. The lowest BCUT2D eigenvalue weighted by molar-refractivity contribution is -0.160. The van der Waals surface area contributed by atoms with Gasteiger partial charge in [0.15, 0.2) is 0 Å². The molecule has 70 valence electrons.